The summed E-state index contributed by atoms with van der Waals surface area (Å²) < 4.78 is 36.8. The van der Waals surface area contributed by atoms with Gasteiger partial charge in [-0.05, 0) is 6.92 Å². The standard InChI is InChI=1S/C8H14F3N3O2/c1-5(15)13-3-4-14-6(16)7(2,12)8(9,10)11/h3-4,12H2,1-2H3,(H,13,15)(H,14,16). The van der Waals surface area contributed by atoms with Crippen molar-refractivity contribution >= 4 is 11.8 Å². The Bertz CT molecular complexity index is 276. The van der Waals surface area contributed by atoms with E-state index in [9.17, 15) is 22.8 Å². The molecule has 94 valence electrons. The zero-order valence-electron chi connectivity index (χ0n) is 8.94. The molecule has 0 aromatic carbocycles. The number of carbonyl (C=O) groups is 2. The lowest BCUT2D eigenvalue weighted by Crippen LogP contribution is -2.61. The van der Waals surface area contributed by atoms with Gasteiger partial charge in [-0.25, -0.2) is 0 Å². The number of hydrogen-bond donors (Lipinski definition) is 3. The van der Waals surface area contributed by atoms with Crippen LogP contribution in [-0.4, -0.2) is 36.6 Å². The van der Waals surface area contributed by atoms with Crippen molar-refractivity contribution in [2.24, 2.45) is 5.73 Å². The second-order valence-corrected chi connectivity index (χ2v) is 3.44. The fourth-order valence-electron chi connectivity index (χ4n) is 0.727. The quantitative estimate of drug-likeness (QED) is 0.581. The first kappa shape index (κ1) is 14.7. The Kier molecular flexibility index (Phi) is 4.73. The van der Waals surface area contributed by atoms with Crippen molar-refractivity contribution in [3.63, 3.8) is 0 Å². The van der Waals surface area contributed by atoms with Crippen molar-refractivity contribution in [2.75, 3.05) is 13.1 Å². The molecular weight excluding hydrogens is 227 g/mol. The Balaban J connectivity index is 4.12. The summed E-state index contributed by atoms with van der Waals surface area (Å²) in [7, 11) is 0. The SMILES string of the molecule is CC(=O)NCCNC(=O)C(C)(N)C(F)(F)F. The van der Waals surface area contributed by atoms with Gasteiger partial charge < -0.3 is 16.4 Å². The van der Waals surface area contributed by atoms with Crippen LogP contribution in [0.25, 0.3) is 0 Å². The Hall–Kier alpha value is -1.31. The number of hydrogen-bond acceptors (Lipinski definition) is 3. The van der Waals surface area contributed by atoms with Crippen LogP contribution in [0, 0.1) is 0 Å². The molecule has 0 bridgehead atoms. The molecule has 16 heavy (non-hydrogen) atoms. The summed E-state index contributed by atoms with van der Waals surface area (Å²) in [4.78, 5) is 21.5. The molecule has 2 amide bonds. The molecule has 0 aromatic rings. The lowest BCUT2D eigenvalue weighted by molar-refractivity contribution is -0.187. The van der Waals surface area contributed by atoms with E-state index in [-0.39, 0.29) is 19.0 Å². The molecule has 4 N–H and O–H groups in total. The second kappa shape index (κ2) is 5.15. The van der Waals surface area contributed by atoms with Gasteiger partial charge in [0, 0.05) is 20.0 Å². The monoisotopic (exact) mass is 241 g/mol. The Labute approximate surface area is 90.6 Å². The van der Waals surface area contributed by atoms with Crippen LogP contribution in [0.2, 0.25) is 0 Å². The molecule has 0 saturated heterocycles. The summed E-state index contributed by atoms with van der Waals surface area (Å²) in [5.41, 5.74) is 1.93. The zero-order valence-corrected chi connectivity index (χ0v) is 8.94. The topological polar surface area (TPSA) is 84.2 Å². The molecule has 0 fully saturated rings. The lowest BCUT2D eigenvalue weighted by atomic mass is 10.0. The highest BCUT2D eigenvalue weighted by Gasteiger charge is 2.53. The molecular formula is C8H14F3N3O2. The second-order valence-electron chi connectivity index (χ2n) is 3.44. The smallest absolute Gasteiger partial charge is 0.355 e. The van der Waals surface area contributed by atoms with E-state index in [0.29, 0.717) is 6.92 Å². The third kappa shape index (κ3) is 4.05. The Morgan fingerprint density at radius 2 is 1.62 bits per heavy atom. The third-order valence-electron chi connectivity index (χ3n) is 1.85. The summed E-state index contributed by atoms with van der Waals surface area (Å²) in [6.07, 6.45) is -4.81. The van der Waals surface area contributed by atoms with Crippen molar-refractivity contribution in [2.45, 2.75) is 25.6 Å². The van der Waals surface area contributed by atoms with Crippen LogP contribution in [-0.2, 0) is 9.59 Å². The van der Waals surface area contributed by atoms with Crippen LogP contribution in [0.5, 0.6) is 0 Å². The van der Waals surface area contributed by atoms with Gasteiger partial charge in [-0.2, -0.15) is 13.2 Å². The number of nitrogens with two attached hydrogens (primary N) is 1. The molecule has 0 rings (SSSR count). The van der Waals surface area contributed by atoms with Gasteiger partial charge >= 0.3 is 6.18 Å². The summed E-state index contributed by atoms with van der Waals surface area (Å²) in [6.45, 7) is 1.78. The average molecular weight is 241 g/mol. The van der Waals surface area contributed by atoms with Crippen molar-refractivity contribution < 1.29 is 22.8 Å². The summed E-state index contributed by atoms with van der Waals surface area (Å²) in [5.74, 6) is -1.66. The van der Waals surface area contributed by atoms with Crippen molar-refractivity contribution in [3.05, 3.63) is 0 Å². The zero-order chi connectivity index (χ0) is 13.0. The molecule has 0 heterocycles. The van der Waals surface area contributed by atoms with Crippen molar-refractivity contribution in [3.8, 4) is 0 Å². The van der Waals surface area contributed by atoms with E-state index in [4.69, 9.17) is 5.73 Å². The van der Waals surface area contributed by atoms with Gasteiger partial charge in [0.15, 0.2) is 5.54 Å². The van der Waals surface area contributed by atoms with Crippen LogP contribution in [0.1, 0.15) is 13.8 Å². The average Bonchev–Trinajstić information content (AvgIpc) is 2.09. The minimum absolute atomic E-state index is 0.0506. The van der Waals surface area contributed by atoms with Gasteiger partial charge in [0.1, 0.15) is 0 Å². The third-order valence-corrected chi connectivity index (χ3v) is 1.85. The molecule has 0 saturated carbocycles. The predicted molar refractivity (Wildman–Crippen MR) is 50.3 cm³/mol. The van der Waals surface area contributed by atoms with Gasteiger partial charge in [-0.15, -0.1) is 0 Å². The van der Waals surface area contributed by atoms with Gasteiger partial charge in [-0.1, -0.05) is 0 Å². The van der Waals surface area contributed by atoms with Crippen LogP contribution in [0.4, 0.5) is 13.2 Å². The molecule has 0 aliphatic carbocycles. The normalized spacial score (nSPS) is 15.1. The molecule has 0 aliphatic heterocycles. The van der Waals surface area contributed by atoms with E-state index in [1.807, 2.05) is 5.32 Å². The maximum Gasteiger partial charge on any atom is 0.415 e. The van der Waals surface area contributed by atoms with E-state index in [1.54, 1.807) is 0 Å². The van der Waals surface area contributed by atoms with Crippen molar-refractivity contribution in [1.29, 1.82) is 0 Å². The molecule has 0 radical (unpaired) electrons. The molecule has 1 unspecified atom stereocenters. The van der Waals surface area contributed by atoms with Crippen LogP contribution in [0.15, 0.2) is 0 Å². The van der Waals surface area contributed by atoms with Crippen molar-refractivity contribution in [1.82, 2.24) is 10.6 Å². The maximum atomic E-state index is 12.3. The first-order valence-electron chi connectivity index (χ1n) is 4.47. The Morgan fingerprint density at radius 3 is 2.00 bits per heavy atom. The van der Waals surface area contributed by atoms with Crippen LogP contribution >= 0.6 is 0 Å². The summed E-state index contributed by atoms with van der Waals surface area (Å²) in [5, 5.41) is 4.30. The highest BCUT2D eigenvalue weighted by molar-refractivity contribution is 5.86. The number of halogens is 3. The van der Waals surface area contributed by atoms with Crippen LogP contribution in [0.3, 0.4) is 0 Å². The molecule has 8 heteroatoms. The van der Waals surface area contributed by atoms with E-state index in [1.165, 1.54) is 6.92 Å². The number of alkyl halides is 3. The summed E-state index contributed by atoms with van der Waals surface area (Å²) >= 11 is 0. The highest BCUT2D eigenvalue weighted by atomic mass is 19.4. The minimum Gasteiger partial charge on any atom is -0.355 e. The number of rotatable bonds is 4. The molecule has 0 aromatic heterocycles. The largest absolute Gasteiger partial charge is 0.415 e. The predicted octanol–water partition coefficient (Wildman–Crippen LogP) is -0.482. The first-order chi connectivity index (χ1) is 7.09. The minimum atomic E-state index is -4.81. The van der Waals surface area contributed by atoms with Gasteiger partial charge in [0.2, 0.25) is 11.8 Å². The van der Waals surface area contributed by atoms with E-state index in [2.05, 4.69) is 5.32 Å². The van der Waals surface area contributed by atoms with Gasteiger partial charge in [-0.3, -0.25) is 9.59 Å². The number of amides is 2. The van der Waals surface area contributed by atoms with E-state index in [0.717, 1.165) is 0 Å². The molecule has 1 atom stereocenters. The fraction of sp³-hybridized carbons (Fsp3) is 0.750. The van der Waals surface area contributed by atoms with Gasteiger partial charge in [0.05, 0.1) is 0 Å². The van der Waals surface area contributed by atoms with E-state index >= 15 is 0 Å². The number of nitrogens with one attached hydrogen (secondary N) is 2. The first-order valence-corrected chi connectivity index (χ1v) is 4.47. The fourth-order valence-corrected chi connectivity index (χ4v) is 0.727. The number of carbonyl (C=O) groups excluding carboxylic acids is 2. The molecule has 0 aliphatic rings. The highest BCUT2D eigenvalue weighted by Crippen LogP contribution is 2.27. The molecule has 0 spiro atoms. The molecule has 5 nitrogen and oxygen atoms in total. The summed E-state index contributed by atoms with van der Waals surface area (Å²) in [6, 6.07) is 0. The Morgan fingerprint density at radius 1 is 1.19 bits per heavy atom. The van der Waals surface area contributed by atoms with Gasteiger partial charge in [0.25, 0.3) is 0 Å². The van der Waals surface area contributed by atoms with E-state index < -0.39 is 17.6 Å². The maximum absolute atomic E-state index is 12.3. The van der Waals surface area contributed by atoms with Crippen LogP contribution < -0.4 is 16.4 Å². The lowest BCUT2D eigenvalue weighted by Gasteiger charge is -2.26.